The molecule has 1 heteroatoms. The van der Waals surface area contributed by atoms with Crippen molar-refractivity contribution in [1.82, 2.24) is 0 Å². The lowest BCUT2D eigenvalue weighted by molar-refractivity contribution is -0.113. The average molecular weight is 353 g/mol. The Morgan fingerprint density at radius 1 is 1.42 bits per heavy atom. The zero-order valence-electron chi connectivity index (χ0n) is 17.0. The molecule has 0 aromatic heterocycles. The van der Waals surface area contributed by atoms with E-state index in [1.54, 1.807) is 5.57 Å². The van der Waals surface area contributed by atoms with Gasteiger partial charge < -0.3 is 4.79 Å². The summed E-state index contributed by atoms with van der Waals surface area (Å²) in [5.74, 6) is 6.11. The topological polar surface area (TPSA) is 17.1 Å². The van der Waals surface area contributed by atoms with Gasteiger partial charge >= 0.3 is 0 Å². The number of carbonyl (C=O) groups is 1. The fraction of sp³-hybridized carbons (Fsp3) is 0.720. The van der Waals surface area contributed by atoms with E-state index >= 15 is 0 Å². The van der Waals surface area contributed by atoms with Crippen LogP contribution in [0.5, 0.6) is 0 Å². The summed E-state index contributed by atoms with van der Waals surface area (Å²) in [6, 6.07) is 0. The number of hydrogen-bond donors (Lipinski definition) is 0. The van der Waals surface area contributed by atoms with Gasteiger partial charge in [0.1, 0.15) is 6.29 Å². The molecule has 0 aromatic rings. The van der Waals surface area contributed by atoms with Crippen LogP contribution in [0.25, 0.3) is 0 Å². The van der Waals surface area contributed by atoms with E-state index in [0.29, 0.717) is 35.0 Å². The minimum Gasteiger partial charge on any atom is -0.303 e. The number of aldehydes is 1. The van der Waals surface area contributed by atoms with Crippen LogP contribution >= 0.6 is 0 Å². The summed E-state index contributed by atoms with van der Waals surface area (Å²) in [6.07, 6.45) is 18.9. The van der Waals surface area contributed by atoms with E-state index in [2.05, 4.69) is 39.3 Å². The quantitative estimate of drug-likeness (QED) is 0.327. The van der Waals surface area contributed by atoms with Crippen LogP contribution in [0.2, 0.25) is 0 Å². The summed E-state index contributed by atoms with van der Waals surface area (Å²) in [4.78, 5) is 11.4. The van der Waals surface area contributed by atoms with Crippen molar-refractivity contribution in [2.24, 2.45) is 40.9 Å². The highest BCUT2D eigenvalue weighted by Gasteiger charge is 2.50. The molecule has 3 aliphatic carbocycles. The fourth-order valence-corrected chi connectivity index (χ4v) is 6.72. The summed E-state index contributed by atoms with van der Waals surface area (Å²) < 4.78 is 0. The van der Waals surface area contributed by atoms with E-state index in [9.17, 15) is 4.79 Å². The van der Waals surface area contributed by atoms with Crippen molar-refractivity contribution in [3.63, 3.8) is 0 Å². The lowest BCUT2D eigenvalue weighted by atomic mass is 9.61. The lowest BCUT2D eigenvalue weighted by Crippen LogP contribution is -2.36. The molecule has 7 atom stereocenters. The molecule has 3 aliphatic rings. The first-order valence-corrected chi connectivity index (χ1v) is 10.7. The van der Waals surface area contributed by atoms with Crippen molar-refractivity contribution >= 4 is 6.29 Å². The minimum atomic E-state index is 0.194. The molecular weight excluding hydrogens is 316 g/mol. The molecule has 0 saturated heterocycles. The van der Waals surface area contributed by atoms with Crippen LogP contribution in [0.1, 0.15) is 72.1 Å². The first kappa shape index (κ1) is 19.5. The van der Waals surface area contributed by atoms with Gasteiger partial charge in [0.05, 0.1) is 0 Å². The summed E-state index contributed by atoms with van der Waals surface area (Å²) >= 11 is 0. The molecule has 3 rings (SSSR count). The van der Waals surface area contributed by atoms with E-state index in [-0.39, 0.29) is 5.92 Å². The van der Waals surface area contributed by atoms with Gasteiger partial charge in [-0.2, -0.15) is 0 Å². The van der Waals surface area contributed by atoms with Crippen molar-refractivity contribution < 1.29 is 4.79 Å². The van der Waals surface area contributed by atoms with Crippen molar-refractivity contribution in [3.8, 4) is 12.3 Å². The number of allylic oxidation sites excluding steroid dienone is 3. The maximum absolute atomic E-state index is 11.4. The Labute approximate surface area is 160 Å². The van der Waals surface area contributed by atoms with Gasteiger partial charge in [0, 0.05) is 12.3 Å². The molecule has 26 heavy (non-hydrogen) atoms. The maximum Gasteiger partial charge on any atom is 0.123 e. The van der Waals surface area contributed by atoms with Crippen molar-refractivity contribution in [2.75, 3.05) is 0 Å². The zero-order valence-corrected chi connectivity index (χ0v) is 17.0. The van der Waals surface area contributed by atoms with Gasteiger partial charge in [0.2, 0.25) is 0 Å². The van der Waals surface area contributed by atoms with Gasteiger partial charge in [0.25, 0.3) is 0 Å². The van der Waals surface area contributed by atoms with Crippen LogP contribution in [0.4, 0.5) is 0 Å². The standard InChI is InChI=1S/C25H36O/c1-6-8-21-15-17(2)19(4)22(21)11-10-20-9-7-14-25(5)23(18(3)16-26)12-13-24(20)25/h1,10,16-18,21-24H,4,7-9,11-15H2,2-3,5H3. The first-order valence-electron chi connectivity index (χ1n) is 10.7. The number of terminal acetylenes is 1. The van der Waals surface area contributed by atoms with E-state index in [0.717, 1.165) is 12.8 Å². The Balaban J connectivity index is 1.76. The van der Waals surface area contributed by atoms with E-state index in [1.807, 2.05) is 0 Å². The summed E-state index contributed by atoms with van der Waals surface area (Å²) in [7, 11) is 0. The van der Waals surface area contributed by atoms with Crippen molar-refractivity contribution in [1.29, 1.82) is 0 Å². The molecule has 0 aliphatic heterocycles. The Kier molecular flexibility index (Phi) is 5.81. The van der Waals surface area contributed by atoms with E-state index in [1.165, 1.54) is 50.4 Å². The molecule has 1 nitrogen and oxygen atoms in total. The molecule has 7 unspecified atom stereocenters. The lowest BCUT2D eigenvalue weighted by Gasteiger charge is -2.43. The van der Waals surface area contributed by atoms with Crippen LogP contribution in [-0.4, -0.2) is 6.29 Å². The molecule has 0 spiro atoms. The Bertz CT molecular complexity index is 621. The smallest absolute Gasteiger partial charge is 0.123 e. The summed E-state index contributed by atoms with van der Waals surface area (Å²) in [5, 5.41) is 0. The molecule has 0 aromatic carbocycles. The monoisotopic (exact) mass is 352 g/mol. The molecular formula is C25H36O. The fourth-order valence-electron chi connectivity index (χ4n) is 6.72. The Morgan fingerprint density at radius 3 is 2.88 bits per heavy atom. The van der Waals surface area contributed by atoms with Crippen molar-refractivity contribution in [3.05, 3.63) is 23.8 Å². The third-order valence-corrected chi connectivity index (χ3v) is 8.24. The number of rotatable bonds is 5. The minimum absolute atomic E-state index is 0.194. The molecule has 0 heterocycles. The highest BCUT2D eigenvalue weighted by atomic mass is 16.1. The highest BCUT2D eigenvalue weighted by molar-refractivity contribution is 5.54. The second-order valence-corrected chi connectivity index (χ2v) is 9.59. The van der Waals surface area contributed by atoms with Gasteiger partial charge in [-0.3, -0.25) is 0 Å². The predicted octanol–water partition coefficient (Wildman–Crippen LogP) is 6.21. The van der Waals surface area contributed by atoms with Crippen LogP contribution in [0.3, 0.4) is 0 Å². The SMILES string of the molecule is C#CCC1CC(C)C(=C)C1CC=C1CCCC2(C)C1CCC2C(C)C=O. The predicted molar refractivity (Wildman–Crippen MR) is 109 cm³/mol. The molecule has 0 bridgehead atoms. The highest BCUT2D eigenvalue weighted by Crippen LogP contribution is 2.59. The molecule has 0 N–H and O–H groups in total. The number of carbonyl (C=O) groups excluding carboxylic acids is 1. The first-order chi connectivity index (χ1) is 12.4. The zero-order chi connectivity index (χ0) is 18.9. The summed E-state index contributed by atoms with van der Waals surface area (Å²) in [6.45, 7) is 11.3. The van der Waals surface area contributed by atoms with Gasteiger partial charge in [-0.25, -0.2) is 0 Å². The molecule has 3 fully saturated rings. The van der Waals surface area contributed by atoms with Crippen LogP contribution < -0.4 is 0 Å². The Morgan fingerprint density at radius 2 is 2.19 bits per heavy atom. The Hall–Kier alpha value is -1.29. The van der Waals surface area contributed by atoms with Crippen LogP contribution in [0.15, 0.2) is 23.8 Å². The number of hydrogen-bond acceptors (Lipinski definition) is 1. The maximum atomic E-state index is 11.4. The van der Waals surface area contributed by atoms with Gasteiger partial charge in [-0.1, -0.05) is 44.6 Å². The second kappa shape index (κ2) is 7.75. The van der Waals surface area contributed by atoms with E-state index in [4.69, 9.17) is 6.42 Å². The van der Waals surface area contributed by atoms with Crippen LogP contribution in [-0.2, 0) is 4.79 Å². The van der Waals surface area contributed by atoms with Gasteiger partial charge in [0.15, 0.2) is 0 Å². The van der Waals surface area contributed by atoms with Crippen LogP contribution in [0, 0.1) is 53.3 Å². The molecule has 0 radical (unpaired) electrons. The van der Waals surface area contributed by atoms with Gasteiger partial charge in [-0.05, 0) is 80.0 Å². The summed E-state index contributed by atoms with van der Waals surface area (Å²) in [5.41, 5.74) is 3.41. The normalized spacial score (nSPS) is 42.5. The molecule has 0 amide bonds. The average Bonchev–Trinajstić information content (AvgIpc) is 3.10. The van der Waals surface area contributed by atoms with E-state index < -0.39 is 0 Å². The second-order valence-electron chi connectivity index (χ2n) is 9.59. The molecule has 3 saturated carbocycles. The van der Waals surface area contributed by atoms with Crippen molar-refractivity contribution in [2.45, 2.75) is 72.1 Å². The third kappa shape index (κ3) is 3.33. The van der Waals surface area contributed by atoms with Gasteiger partial charge in [-0.15, -0.1) is 12.3 Å². The number of fused-ring (bicyclic) bond motifs is 1. The largest absolute Gasteiger partial charge is 0.303 e. The molecule has 142 valence electrons. The third-order valence-electron chi connectivity index (χ3n) is 8.24.